The summed E-state index contributed by atoms with van der Waals surface area (Å²) in [6, 6.07) is 4.24. The van der Waals surface area contributed by atoms with E-state index in [1.165, 1.54) is 37.7 Å². The highest BCUT2D eigenvalue weighted by molar-refractivity contribution is 6.29. The second-order valence-electron chi connectivity index (χ2n) is 8.61. The first kappa shape index (κ1) is 15.3. The zero-order valence-electron chi connectivity index (χ0n) is 13.8. The SMILES string of the molecule is CC1(C)CCC(C)(C)C2CC(c3ccnc(Cl)c3)CCC21. The molecule has 2 saturated carbocycles. The molecule has 2 heteroatoms. The van der Waals surface area contributed by atoms with Gasteiger partial charge in [0.1, 0.15) is 5.15 Å². The van der Waals surface area contributed by atoms with E-state index in [4.69, 9.17) is 11.6 Å². The van der Waals surface area contributed by atoms with Crippen LogP contribution in [0.5, 0.6) is 0 Å². The summed E-state index contributed by atoms with van der Waals surface area (Å²) >= 11 is 6.09. The van der Waals surface area contributed by atoms with Crippen LogP contribution in [0.2, 0.25) is 5.15 Å². The molecular formula is C19H28ClN. The predicted octanol–water partition coefficient (Wildman–Crippen LogP) is 6.08. The molecule has 1 nitrogen and oxygen atoms in total. The lowest BCUT2D eigenvalue weighted by molar-refractivity contribution is -0.0498. The molecule has 0 bridgehead atoms. The van der Waals surface area contributed by atoms with Crippen LogP contribution in [-0.2, 0) is 0 Å². The van der Waals surface area contributed by atoms with Crippen LogP contribution in [0, 0.1) is 22.7 Å². The van der Waals surface area contributed by atoms with Crippen LogP contribution in [0.25, 0.3) is 0 Å². The molecule has 2 fully saturated rings. The standard InChI is InChI=1S/C19H28ClN/c1-18(2)8-9-19(3,4)16-11-13(5-6-15(16)18)14-7-10-21-17(20)12-14/h7,10,12-13,15-16H,5-6,8-9,11H2,1-4H3. The fourth-order valence-electron chi connectivity index (χ4n) is 4.96. The van der Waals surface area contributed by atoms with E-state index in [1.54, 1.807) is 0 Å². The predicted molar refractivity (Wildman–Crippen MR) is 89.6 cm³/mol. The zero-order valence-corrected chi connectivity index (χ0v) is 14.6. The first-order valence-electron chi connectivity index (χ1n) is 8.41. The number of nitrogens with zero attached hydrogens (tertiary/aromatic N) is 1. The van der Waals surface area contributed by atoms with Gasteiger partial charge in [-0.2, -0.15) is 0 Å². The molecule has 1 aromatic heterocycles. The third kappa shape index (κ3) is 2.86. The molecule has 2 aliphatic rings. The molecule has 2 aliphatic carbocycles. The molecule has 0 radical (unpaired) electrons. The van der Waals surface area contributed by atoms with Crippen LogP contribution >= 0.6 is 11.6 Å². The molecule has 116 valence electrons. The number of halogens is 1. The Morgan fingerprint density at radius 3 is 2.38 bits per heavy atom. The van der Waals surface area contributed by atoms with E-state index in [0.717, 1.165) is 11.8 Å². The molecule has 0 aromatic carbocycles. The fraction of sp³-hybridized carbons (Fsp3) is 0.737. The zero-order chi connectivity index (χ0) is 15.3. The molecule has 0 N–H and O–H groups in total. The van der Waals surface area contributed by atoms with Crippen molar-refractivity contribution in [2.75, 3.05) is 0 Å². The molecule has 0 spiro atoms. The topological polar surface area (TPSA) is 12.9 Å². The van der Waals surface area contributed by atoms with Gasteiger partial charge in [-0.3, -0.25) is 0 Å². The van der Waals surface area contributed by atoms with Crippen molar-refractivity contribution in [2.24, 2.45) is 22.7 Å². The van der Waals surface area contributed by atoms with Crippen LogP contribution in [0.1, 0.15) is 71.3 Å². The van der Waals surface area contributed by atoms with Gasteiger partial charge in [-0.05, 0) is 78.4 Å². The van der Waals surface area contributed by atoms with Gasteiger partial charge in [0, 0.05) is 6.20 Å². The highest BCUT2D eigenvalue weighted by atomic mass is 35.5. The number of hydrogen-bond donors (Lipinski definition) is 0. The van der Waals surface area contributed by atoms with Crippen LogP contribution in [0.4, 0.5) is 0 Å². The van der Waals surface area contributed by atoms with E-state index in [0.29, 0.717) is 21.9 Å². The Hall–Kier alpha value is -0.560. The highest BCUT2D eigenvalue weighted by Gasteiger charge is 2.49. The summed E-state index contributed by atoms with van der Waals surface area (Å²) in [5, 5.41) is 0.637. The number of aromatic nitrogens is 1. The minimum Gasteiger partial charge on any atom is -0.245 e. The van der Waals surface area contributed by atoms with Crippen molar-refractivity contribution in [3.63, 3.8) is 0 Å². The molecule has 1 heterocycles. The summed E-state index contributed by atoms with van der Waals surface area (Å²) in [5.41, 5.74) is 2.39. The lowest BCUT2D eigenvalue weighted by Gasteiger charge is -2.56. The normalized spacial score (nSPS) is 34.2. The number of hydrogen-bond acceptors (Lipinski definition) is 1. The number of pyridine rings is 1. The number of fused-ring (bicyclic) bond motifs is 1. The van der Waals surface area contributed by atoms with Gasteiger partial charge in [-0.25, -0.2) is 4.98 Å². The maximum absolute atomic E-state index is 6.09. The Morgan fingerprint density at radius 1 is 1.05 bits per heavy atom. The van der Waals surface area contributed by atoms with Gasteiger partial charge >= 0.3 is 0 Å². The van der Waals surface area contributed by atoms with Crippen LogP contribution in [0.15, 0.2) is 18.3 Å². The quantitative estimate of drug-likeness (QED) is 0.573. The van der Waals surface area contributed by atoms with Gasteiger partial charge < -0.3 is 0 Å². The van der Waals surface area contributed by atoms with Crippen molar-refractivity contribution in [3.05, 3.63) is 29.0 Å². The summed E-state index contributed by atoms with van der Waals surface area (Å²) in [6.45, 7) is 9.96. The third-order valence-electron chi connectivity index (χ3n) is 6.49. The van der Waals surface area contributed by atoms with Crippen molar-refractivity contribution < 1.29 is 0 Å². The summed E-state index contributed by atoms with van der Waals surface area (Å²) in [4.78, 5) is 4.13. The molecular weight excluding hydrogens is 278 g/mol. The van der Waals surface area contributed by atoms with Gasteiger partial charge in [-0.1, -0.05) is 39.3 Å². The minimum absolute atomic E-state index is 0.482. The van der Waals surface area contributed by atoms with E-state index < -0.39 is 0 Å². The van der Waals surface area contributed by atoms with Crippen LogP contribution < -0.4 is 0 Å². The second-order valence-corrected chi connectivity index (χ2v) is 9.00. The molecule has 0 aliphatic heterocycles. The van der Waals surface area contributed by atoms with Gasteiger partial charge in [0.25, 0.3) is 0 Å². The maximum Gasteiger partial charge on any atom is 0.129 e. The highest BCUT2D eigenvalue weighted by Crippen LogP contribution is 2.59. The van der Waals surface area contributed by atoms with E-state index in [-0.39, 0.29) is 0 Å². The lowest BCUT2D eigenvalue weighted by Crippen LogP contribution is -2.46. The third-order valence-corrected chi connectivity index (χ3v) is 6.70. The Balaban J connectivity index is 1.85. The molecule has 3 atom stereocenters. The van der Waals surface area contributed by atoms with Crippen LogP contribution in [0.3, 0.4) is 0 Å². The summed E-state index contributed by atoms with van der Waals surface area (Å²) in [7, 11) is 0. The largest absolute Gasteiger partial charge is 0.245 e. The first-order valence-corrected chi connectivity index (χ1v) is 8.79. The molecule has 3 rings (SSSR count). The molecule has 21 heavy (non-hydrogen) atoms. The van der Waals surface area contributed by atoms with Crippen molar-refractivity contribution in [1.29, 1.82) is 0 Å². The second kappa shape index (κ2) is 5.26. The van der Waals surface area contributed by atoms with E-state index in [1.807, 2.05) is 6.20 Å². The summed E-state index contributed by atoms with van der Waals surface area (Å²) < 4.78 is 0. The number of rotatable bonds is 1. The summed E-state index contributed by atoms with van der Waals surface area (Å²) in [5.74, 6) is 2.39. The average molecular weight is 306 g/mol. The maximum atomic E-state index is 6.09. The van der Waals surface area contributed by atoms with Crippen molar-refractivity contribution in [2.45, 2.75) is 65.7 Å². The van der Waals surface area contributed by atoms with Gasteiger partial charge in [0.2, 0.25) is 0 Å². The van der Waals surface area contributed by atoms with Crippen molar-refractivity contribution in [1.82, 2.24) is 4.98 Å². The molecule has 3 unspecified atom stereocenters. The molecule has 0 saturated heterocycles. The minimum atomic E-state index is 0.482. The van der Waals surface area contributed by atoms with E-state index in [2.05, 4.69) is 44.8 Å². The lowest BCUT2D eigenvalue weighted by atomic mass is 9.49. The van der Waals surface area contributed by atoms with Crippen molar-refractivity contribution in [3.8, 4) is 0 Å². The van der Waals surface area contributed by atoms with Gasteiger partial charge in [0.05, 0.1) is 0 Å². The summed E-state index contributed by atoms with van der Waals surface area (Å²) in [6.07, 6.45) is 8.60. The van der Waals surface area contributed by atoms with Gasteiger partial charge in [0.15, 0.2) is 0 Å². The Morgan fingerprint density at radius 2 is 1.71 bits per heavy atom. The Kier molecular flexibility index (Phi) is 3.84. The Labute approximate surface area is 134 Å². The first-order chi connectivity index (χ1) is 9.79. The smallest absolute Gasteiger partial charge is 0.129 e. The monoisotopic (exact) mass is 305 g/mol. The van der Waals surface area contributed by atoms with Crippen LogP contribution in [-0.4, -0.2) is 4.98 Å². The van der Waals surface area contributed by atoms with E-state index >= 15 is 0 Å². The average Bonchev–Trinajstić information content (AvgIpc) is 2.44. The van der Waals surface area contributed by atoms with Crippen molar-refractivity contribution >= 4 is 11.6 Å². The fourth-order valence-corrected chi connectivity index (χ4v) is 5.14. The van der Waals surface area contributed by atoms with Gasteiger partial charge in [-0.15, -0.1) is 0 Å². The molecule has 0 amide bonds. The van der Waals surface area contributed by atoms with E-state index in [9.17, 15) is 0 Å². The Bertz CT molecular complexity index is 520. The molecule has 1 aromatic rings.